The summed E-state index contributed by atoms with van der Waals surface area (Å²) < 4.78 is 11.1. The lowest BCUT2D eigenvalue weighted by molar-refractivity contribution is -0.136. The summed E-state index contributed by atoms with van der Waals surface area (Å²) in [5.41, 5.74) is 2.11. The van der Waals surface area contributed by atoms with Crippen molar-refractivity contribution in [2.45, 2.75) is 89.2 Å². The highest BCUT2D eigenvalue weighted by Crippen LogP contribution is 2.35. The molecule has 4 rings (SSSR count). The number of ether oxygens (including phenoxy) is 2. The van der Waals surface area contributed by atoms with Crippen molar-refractivity contribution in [3.05, 3.63) is 65.2 Å². The molecule has 37 heavy (non-hydrogen) atoms. The fourth-order valence-electron chi connectivity index (χ4n) is 5.06. The van der Waals surface area contributed by atoms with Crippen LogP contribution < -0.4 is 10.1 Å². The number of alkyl carbamates (subject to hydrolysis) is 1. The standard InChI is InChI=1S/C30H42N2O5/c1-29(2,3)37-28(34)31-19-22-7-4-9-25(17-22)24-11-15-32(16-12-24)20-23-8-5-10-26(18-23)36-21-27(33)30(35)13-6-14-30/h4-5,7-10,17-18,24,27,33,35H,6,11-16,19-21H2,1-3H3,(H,31,34). The van der Waals surface area contributed by atoms with Crippen LogP contribution >= 0.6 is 0 Å². The van der Waals surface area contributed by atoms with Gasteiger partial charge in [-0.05, 0) is 101 Å². The minimum atomic E-state index is -0.976. The van der Waals surface area contributed by atoms with Gasteiger partial charge in [0.15, 0.2) is 0 Å². The van der Waals surface area contributed by atoms with Gasteiger partial charge in [0.25, 0.3) is 0 Å². The molecule has 2 aliphatic rings. The van der Waals surface area contributed by atoms with Crippen LogP contribution in [0.2, 0.25) is 0 Å². The molecule has 1 heterocycles. The molecule has 1 aliphatic heterocycles. The zero-order valence-electron chi connectivity index (χ0n) is 22.4. The third-order valence-electron chi connectivity index (χ3n) is 7.40. The summed E-state index contributed by atoms with van der Waals surface area (Å²) in [6, 6.07) is 16.5. The zero-order valence-corrected chi connectivity index (χ0v) is 22.4. The highest BCUT2D eigenvalue weighted by atomic mass is 16.6. The molecule has 0 bridgehead atoms. The summed E-state index contributed by atoms with van der Waals surface area (Å²) in [6.07, 6.45) is 3.16. The number of aliphatic hydroxyl groups is 2. The van der Waals surface area contributed by atoms with Crippen molar-refractivity contribution in [1.29, 1.82) is 0 Å². The number of aliphatic hydroxyl groups excluding tert-OH is 1. The maximum atomic E-state index is 12.0. The van der Waals surface area contributed by atoms with E-state index >= 15 is 0 Å². The van der Waals surface area contributed by atoms with Crippen molar-refractivity contribution >= 4 is 6.09 Å². The van der Waals surface area contributed by atoms with Crippen molar-refractivity contribution in [3.8, 4) is 5.75 Å². The summed E-state index contributed by atoms with van der Waals surface area (Å²) in [5, 5.41) is 23.4. The number of carbonyl (C=O) groups is 1. The second-order valence-electron chi connectivity index (χ2n) is 11.6. The summed E-state index contributed by atoms with van der Waals surface area (Å²) >= 11 is 0. The maximum Gasteiger partial charge on any atom is 0.407 e. The second kappa shape index (κ2) is 11.8. The van der Waals surface area contributed by atoms with E-state index in [0.29, 0.717) is 25.3 Å². The van der Waals surface area contributed by atoms with Crippen LogP contribution in [0.4, 0.5) is 4.79 Å². The van der Waals surface area contributed by atoms with Gasteiger partial charge in [-0.1, -0.05) is 36.4 Å². The van der Waals surface area contributed by atoms with Crippen LogP contribution in [0.5, 0.6) is 5.75 Å². The first-order chi connectivity index (χ1) is 17.6. The van der Waals surface area contributed by atoms with Crippen LogP contribution in [0.1, 0.15) is 75.5 Å². The van der Waals surface area contributed by atoms with E-state index in [-0.39, 0.29) is 6.61 Å². The molecule has 1 aliphatic carbocycles. The minimum absolute atomic E-state index is 0.109. The molecule has 0 radical (unpaired) electrons. The molecule has 1 atom stereocenters. The number of nitrogens with one attached hydrogen (secondary N) is 1. The smallest absolute Gasteiger partial charge is 0.407 e. The summed E-state index contributed by atoms with van der Waals surface area (Å²) in [7, 11) is 0. The molecule has 0 spiro atoms. The van der Waals surface area contributed by atoms with Crippen molar-refractivity contribution in [1.82, 2.24) is 10.2 Å². The van der Waals surface area contributed by atoms with Crippen molar-refractivity contribution in [3.63, 3.8) is 0 Å². The minimum Gasteiger partial charge on any atom is -0.491 e. The van der Waals surface area contributed by atoms with Gasteiger partial charge in [0.1, 0.15) is 24.1 Å². The summed E-state index contributed by atoms with van der Waals surface area (Å²) in [4.78, 5) is 14.4. The van der Waals surface area contributed by atoms with Gasteiger partial charge in [-0.15, -0.1) is 0 Å². The Morgan fingerprint density at radius 2 is 1.81 bits per heavy atom. The first kappa shape index (κ1) is 27.4. The zero-order chi connectivity index (χ0) is 26.5. The van der Waals surface area contributed by atoms with Crippen LogP contribution in [-0.2, 0) is 17.8 Å². The van der Waals surface area contributed by atoms with E-state index in [0.717, 1.165) is 50.2 Å². The number of amides is 1. The quantitative estimate of drug-likeness (QED) is 0.451. The molecular weight excluding hydrogens is 468 g/mol. The molecule has 1 saturated heterocycles. The van der Waals surface area contributed by atoms with Gasteiger partial charge in [-0.2, -0.15) is 0 Å². The van der Waals surface area contributed by atoms with Crippen molar-refractivity contribution in [2.24, 2.45) is 0 Å². The molecule has 202 valence electrons. The van der Waals surface area contributed by atoms with Gasteiger partial charge in [-0.25, -0.2) is 4.79 Å². The average molecular weight is 511 g/mol. The van der Waals surface area contributed by atoms with Crippen LogP contribution in [0.15, 0.2) is 48.5 Å². The van der Waals surface area contributed by atoms with Gasteiger partial charge in [-0.3, -0.25) is 4.90 Å². The fraction of sp³-hybridized carbons (Fsp3) is 0.567. The molecule has 2 aromatic rings. The molecule has 1 unspecified atom stereocenters. The van der Waals surface area contributed by atoms with E-state index in [4.69, 9.17) is 9.47 Å². The number of benzene rings is 2. The monoisotopic (exact) mass is 510 g/mol. The van der Waals surface area contributed by atoms with E-state index in [1.165, 1.54) is 11.1 Å². The molecule has 0 aromatic heterocycles. The average Bonchev–Trinajstić information content (AvgIpc) is 2.84. The molecule has 2 aromatic carbocycles. The van der Waals surface area contributed by atoms with Crippen LogP contribution in [0, 0.1) is 0 Å². The first-order valence-electron chi connectivity index (χ1n) is 13.5. The number of nitrogens with zero attached hydrogens (tertiary/aromatic N) is 1. The Morgan fingerprint density at radius 1 is 1.11 bits per heavy atom. The largest absolute Gasteiger partial charge is 0.491 e. The van der Waals surface area contributed by atoms with Gasteiger partial charge >= 0.3 is 6.09 Å². The molecule has 1 saturated carbocycles. The summed E-state index contributed by atoms with van der Waals surface area (Å²) in [5.74, 6) is 1.23. The normalized spacial score (nSPS) is 19.1. The van der Waals surface area contributed by atoms with Crippen molar-refractivity contribution in [2.75, 3.05) is 19.7 Å². The maximum absolute atomic E-state index is 12.0. The van der Waals surface area contributed by atoms with Gasteiger partial charge in [0, 0.05) is 13.1 Å². The highest BCUT2D eigenvalue weighted by molar-refractivity contribution is 5.67. The van der Waals surface area contributed by atoms with E-state index < -0.39 is 23.4 Å². The second-order valence-corrected chi connectivity index (χ2v) is 11.6. The Bertz CT molecular complexity index is 1040. The van der Waals surface area contributed by atoms with Crippen molar-refractivity contribution < 1.29 is 24.5 Å². The van der Waals surface area contributed by atoms with Gasteiger partial charge < -0.3 is 25.0 Å². The third-order valence-corrected chi connectivity index (χ3v) is 7.40. The number of carbonyl (C=O) groups excluding carboxylic acids is 1. The Morgan fingerprint density at radius 3 is 2.49 bits per heavy atom. The van der Waals surface area contributed by atoms with Gasteiger partial charge in [0.2, 0.25) is 0 Å². The number of likely N-dealkylation sites (tertiary alicyclic amines) is 1. The summed E-state index contributed by atoms with van der Waals surface area (Å²) in [6.45, 7) is 9.03. The number of hydrogen-bond acceptors (Lipinski definition) is 6. The Hall–Kier alpha value is -2.61. The topological polar surface area (TPSA) is 91.3 Å². The van der Waals surface area contributed by atoms with E-state index in [1.54, 1.807) is 0 Å². The van der Waals surface area contributed by atoms with Crippen LogP contribution in [0.25, 0.3) is 0 Å². The van der Waals surface area contributed by atoms with Crippen LogP contribution in [-0.4, -0.2) is 58.2 Å². The predicted molar refractivity (Wildman–Crippen MR) is 144 cm³/mol. The Labute approximate surface area is 220 Å². The first-order valence-corrected chi connectivity index (χ1v) is 13.5. The lowest BCUT2D eigenvalue weighted by Crippen LogP contribution is -2.50. The lowest BCUT2D eigenvalue weighted by atomic mass is 9.76. The number of hydrogen-bond donors (Lipinski definition) is 3. The molecular formula is C30H42N2O5. The highest BCUT2D eigenvalue weighted by Gasteiger charge is 2.41. The van der Waals surface area contributed by atoms with E-state index in [1.807, 2.05) is 45.0 Å². The molecule has 2 fully saturated rings. The molecule has 7 nitrogen and oxygen atoms in total. The Balaban J connectivity index is 1.23. The molecule has 7 heteroatoms. The predicted octanol–water partition coefficient (Wildman–Crippen LogP) is 4.75. The van der Waals surface area contributed by atoms with Gasteiger partial charge in [0.05, 0.1) is 5.60 Å². The third kappa shape index (κ3) is 7.94. The van der Waals surface area contributed by atoms with E-state index in [9.17, 15) is 15.0 Å². The SMILES string of the molecule is CC(C)(C)OC(=O)NCc1cccc(C2CCN(Cc3cccc(OCC(O)C4(O)CCC4)c3)CC2)c1. The van der Waals surface area contributed by atoms with Crippen LogP contribution in [0.3, 0.4) is 0 Å². The molecule has 1 amide bonds. The van der Waals surface area contributed by atoms with E-state index in [2.05, 4.69) is 34.5 Å². The lowest BCUT2D eigenvalue weighted by Gasteiger charge is -2.40. The fourth-order valence-corrected chi connectivity index (χ4v) is 5.06. The molecule has 3 N–H and O–H groups in total. The number of piperidine rings is 1. The Kier molecular flexibility index (Phi) is 8.78. The number of rotatable bonds is 9.